The van der Waals surface area contributed by atoms with E-state index in [1.165, 1.54) is 0 Å². The quantitative estimate of drug-likeness (QED) is 0.791. The van der Waals surface area contributed by atoms with Crippen LogP contribution >= 0.6 is 0 Å². The van der Waals surface area contributed by atoms with Crippen molar-refractivity contribution in [1.82, 2.24) is 20.2 Å². The number of benzene rings is 2. The Morgan fingerprint density at radius 2 is 1.88 bits per heavy atom. The summed E-state index contributed by atoms with van der Waals surface area (Å²) in [5, 5.41) is 14.9. The van der Waals surface area contributed by atoms with Crippen LogP contribution in [0.25, 0.3) is 5.69 Å². The Labute approximate surface area is 145 Å². The van der Waals surface area contributed by atoms with E-state index < -0.39 is 0 Å². The van der Waals surface area contributed by atoms with Gasteiger partial charge in [0.05, 0.1) is 5.69 Å². The first-order chi connectivity index (χ1) is 12.2. The molecule has 0 aliphatic carbocycles. The maximum Gasteiger partial charge on any atom is 0.249 e. The van der Waals surface area contributed by atoms with Crippen molar-refractivity contribution in [2.45, 2.75) is 19.4 Å². The highest BCUT2D eigenvalue weighted by molar-refractivity contribution is 6.01. The van der Waals surface area contributed by atoms with Gasteiger partial charge in [0.2, 0.25) is 5.91 Å². The SMILES string of the molecule is Cc1nnnn1-c1cccc(N[C@@H]2CCN(c3ccccc3)C2=O)c1. The van der Waals surface area contributed by atoms with Gasteiger partial charge in [0.1, 0.15) is 6.04 Å². The maximum atomic E-state index is 12.7. The Kier molecular flexibility index (Phi) is 3.89. The Hall–Kier alpha value is -3.22. The van der Waals surface area contributed by atoms with Gasteiger partial charge in [0, 0.05) is 17.9 Å². The molecule has 7 heteroatoms. The molecule has 7 nitrogen and oxygen atoms in total. The monoisotopic (exact) mass is 334 g/mol. The number of hydrogen-bond acceptors (Lipinski definition) is 5. The van der Waals surface area contributed by atoms with Gasteiger partial charge >= 0.3 is 0 Å². The number of aromatic nitrogens is 4. The van der Waals surface area contributed by atoms with Crippen LogP contribution in [0, 0.1) is 6.92 Å². The zero-order valence-corrected chi connectivity index (χ0v) is 13.8. The van der Waals surface area contributed by atoms with Crippen LogP contribution in [0.4, 0.5) is 11.4 Å². The second-order valence-corrected chi connectivity index (χ2v) is 6.00. The number of nitrogens with zero attached hydrogens (tertiary/aromatic N) is 5. The van der Waals surface area contributed by atoms with Crippen LogP contribution in [0.5, 0.6) is 0 Å². The second-order valence-electron chi connectivity index (χ2n) is 6.00. The highest BCUT2D eigenvalue weighted by Gasteiger charge is 2.32. The largest absolute Gasteiger partial charge is 0.374 e. The predicted molar refractivity (Wildman–Crippen MR) is 94.7 cm³/mol. The highest BCUT2D eigenvalue weighted by Crippen LogP contribution is 2.24. The molecule has 126 valence electrons. The summed E-state index contributed by atoms with van der Waals surface area (Å²) in [6.45, 7) is 2.56. The van der Waals surface area contributed by atoms with Crippen LogP contribution in [-0.4, -0.2) is 38.7 Å². The molecule has 1 amide bonds. The Balaban J connectivity index is 1.52. The summed E-state index contributed by atoms with van der Waals surface area (Å²) in [7, 11) is 0. The van der Waals surface area contributed by atoms with E-state index in [1.54, 1.807) is 4.68 Å². The smallest absolute Gasteiger partial charge is 0.249 e. The molecule has 3 aromatic rings. The summed E-state index contributed by atoms with van der Waals surface area (Å²) in [6, 6.07) is 17.3. The Morgan fingerprint density at radius 3 is 2.64 bits per heavy atom. The zero-order chi connectivity index (χ0) is 17.2. The van der Waals surface area contributed by atoms with Gasteiger partial charge < -0.3 is 10.2 Å². The minimum atomic E-state index is -0.231. The van der Waals surface area contributed by atoms with Crippen molar-refractivity contribution in [1.29, 1.82) is 0 Å². The lowest BCUT2D eigenvalue weighted by molar-refractivity contribution is -0.117. The number of aryl methyl sites for hydroxylation is 1. The van der Waals surface area contributed by atoms with Crippen molar-refractivity contribution in [3.8, 4) is 5.69 Å². The van der Waals surface area contributed by atoms with E-state index in [9.17, 15) is 4.79 Å². The molecular formula is C18H18N6O. The molecule has 1 aliphatic rings. The molecule has 2 aromatic carbocycles. The molecule has 25 heavy (non-hydrogen) atoms. The third kappa shape index (κ3) is 2.96. The molecular weight excluding hydrogens is 316 g/mol. The third-order valence-corrected chi connectivity index (χ3v) is 4.33. The second kappa shape index (κ2) is 6.35. The summed E-state index contributed by atoms with van der Waals surface area (Å²) in [5.74, 6) is 0.805. The van der Waals surface area contributed by atoms with E-state index >= 15 is 0 Å². The molecule has 0 saturated carbocycles. The summed E-state index contributed by atoms with van der Waals surface area (Å²) >= 11 is 0. The van der Waals surface area contributed by atoms with Gasteiger partial charge in [-0.05, 0) is 54.1 Å². The highest BCUT2D eigenvalue weighted by atomic mass is 16.2. The van der Waals surface area contributed by atoms with Gasteiger partial charge in [-0.3, -0.25) is 4.79 Å². The molecule has 0 bridgehead atoms. The molecule has 4 rings (SSSR count). The molecule has 1 aliphatic heterocycles. The number of anilines is 2. The summed E-state index contributed by atoms with van der Waals surface area (Å²) in [4.78, 5) is 14.5. The standard InChI is InChI=1S/C18H18N6O/c1-13-20-21-22-24(13)16-9-5-6-14(12-16)19-17-10-11-23(18(17)25)15-7-3-2-4-8-15/h2-9,12,17,19H,10-11H2,1H3/t17-/m1/s1. The minimum absolute atomic E-state index is 0.0928. The van der Waals surface area contributed by atoms with Crippen molar-refractivity contribution in [2.24, 2.45) is 0 Å². The van der Waals surface area contributed by atoms with Crippen LogP contribution in [0.3, 0.4) is 0 Å². The van der Waals surface area contributed by atoms with E-state index in [0.29, 0.717) is 12.4 Å². The van der Waals surface area contributed by atoms with E-state index in [0.717, 1.165) is 23.5 Å². The normalized spacial score (nSPS) is 17.1. The van der Waals surface area contributed by atoms with Crippen LogP contribution in [-0.2, 0) is 4.79 Å². The summed E-state index contributed by atoms with van der Waals surface area (Å²) in [5.41, 5.74) is 2.67. The number of nitrogens with one attached hydrogen (secondary N) is 1. The first kappa shape index (κ1) is 15.3. The number of amides is 1. The van der Waals surface area contributed by atoms with Crippen molar-refractivity contribution in [3.63, 3.8) is 0 Å². The van der Waals surface area contributed by atoms with Crippen LogP contribution < -0.4 is 10.2 Å². The average molecular weight is 334 g/mol. The van der Waals surface area contributed by atoms with Crippen molar-refractivity contribution in [2.75, 3.05) is 16.8 Å². The molecule has 2 heterocycles. The van der Waals surface area contributed by atoms with Crippen molar-refractivity contribution >= 4 is 17.3 Å². The molecule has 0 spiro atoms. The number of hydrogen-bond donors (Lipinski definition) is 1. The van der Waals surface area contributed by atoms with E-state index in [2.05, 4.69) is 20.8 Å². The van der Waals surface area contributed by atoms with E-state index in [1.807, 2.05) is 66.4 Å². The molecule has 1 saturated heterocycles. The fraction of sp³-hybridized carbons (Fsp3) is 0.222. The molecule has 1 aromatic heterocycles. The number of para-hydroxylation sites is 1. The lowest BCUT2D eigenvalue weighted by Gasteiger charge is -2.18. The van der Waals surface area contributed by atoms with Crippen molar-refractivity contribution < 1.29 is 4.79 Å². The van der Waals surface area contributed by atoms with Gasteiger partial charge in [-0.15, -0.1) is 5.10 Å². The Bertz CT molecular complexity index is 891. The van der Waals surface area contributed by atoms with Crippen LogP contribution in [0.1, 0.15) is 12.2 Å². The molecule has 1 N–H and O–H groups in total. The maximum absolute atomic E-state index is 12.7. The van der Waals surface area contributed by atoms with E-state index in [4.69, 9.17) is 0 Å². The zero-order valence-electron chi connectivity index (χ0n) is 13.8. The minimum Gasteiger partial charge on any atom is -0.374 e. The molecule has 1 fully saturated rings. The average Bonchev–Trinajstić information content (AvgIpc) is 3.22. The Morgan fingerprint density at radius 1 is 1.08 bits per heavy atom. The predicted octanol–water partition coefficient (Wildman–Crippen LogP) is 2.19. The van der Waals surface area contributed by atoms with Gasteiger partial charge in [-0.2, -0.15) is 4.68 Å². The number of rotatable bonds is 4. The van der Waals surface area contributed by atoms with Gasteiger partial charge in [-0.1, -0.05) is 24.3 Å². The van der Waals surface area contributed by atoms with Gasteiger partial charge in [0.15, 0.2) is 5.82 Å². The first-order valence-corrected chi connectivity index (χ1v) is 8.21. The summed E-state index contributed by atoms with van der Waals surface area (Å²) in [6.07, 6.45) is 0.766. The molecule has 1 atom stereocenters. The van der Waals surface area contributed by atoms with Gasteiger partial charge in [0.25, 0.3) is 0 Å². The number of carbonyl (C=O) groups is 1. The first-order valence-electron chi connectivity index (χ1n) is 8.21. The van der Waals surface area contributed by atoms with Crippen LogP contribution in [0.2, 0.25) is 0 Å². The fourth-order valence-corrected chi connectivity index (χ4v) is 3.08. The van der Waals surface area contributed by atoms with Crippen LogP contribution in [0.15, 0.2) is 54.6 Å². The lowest BCUT2D eigenvalue weighted by atomic mass is 10.2. The third-order valence-electron chi connectivity index (χ3n) is 4.33. The lowest BCUT2D eigenvalue weighted by Crippen LogP contribution is -2.33. The molecule has 0 unspecified atom stereocenters. The number of tetrazole rings is 1. The van der Waals surface area contributed by atoms with Crippen molar-refractivity contribution in [3.05, 3.63) is 60.4 Å². The topological polar surface area (TPSA) is 75.9 Å². The van der Waals surface area contributed by atoms with E-state index in [-0.39, 0.29) is 11.9 Å². The summed E-state index contributed by atoms with van der Waals surface area (Å²) < 4.78 is 1.66. The fourth-order valence-electron chi connectivity index (χ4n) is 3.08. The van der Waals surface area contributed by atoms with Gasteiger partial charge in [-0.25, -0.2) is 0 Å². The number of carbonyl (C=O) groups excluding carboxylic acids is 1. The molecule has 0 radical (unpaired) electrons.